The summed E-state index contributed by atoms with van der Waals surface area (Å²) < 4.78 is 0. The standard InChI is InChI=1S/C10H16N2O/c11-7-1-2-10(12)8-3-5-9(13)6-4-8/h3-6,10,13H,1-2,7,11-12H2/t10-/m1/s1. The number of phenolic OH excluding ortho intramolecular Hbond substituents is 1. The second-order valence-corrected chi connectivity index (χ2v) is 3.13. The molecule has 0 saturated heterocycles. The van der Waals surface area contributed by atoms with Crippen molar-refractivity contribution < 1.29 is 5.11 Å². The molecule has 1 rings (SSSR count). The van der Waals surface area contributed by atoms with E-state index in [9.17, 15) is 0 Å². The molecule has 1 aromatic carbocycles. The SMILES string of the molecule is NCCC[C@@H](N)c1ccc(O)cc1. The van der Waals surface area contributed by atoms with Crippen LogP contribution in [0.5, 0.6) is 5.75 Å². The third-order valence-corrected chi connectivity index (χ3v) is 2.04. The highest BCUT2D eigenvalue weighted by Gasteiger charge is 2.04. The van der Waals surface area contributed by atoms with E-state index < -0.39 is 0 Å². The van der Waals surface area contributed by atoms with Gasteiger partial charge in [-0.1, -0.05) is 12.1 Å². The topological polar surface area (TPSA) is 72.3 Å². The van der Waals surface area contributed by atoms with Crippen LogP contribution in [0.3, 0.4) is 0 Å². The number of rotatable bonds is 4. The Morgan fingerprint density at radius 3 is 2.38 bits per heavy atom. The first kappa shape index (κ1) is 10.0. The minimum Gasteiger partial charge on any atom is -0.508 e. The van der Waals surface area contributed by atoms with Crippen LogP contribution >= 0.6 is 0 Å². The Kier molecular flexibility index (Phi) is 3.73. The molecule has 0 aliphatic heterocycles. The van der Waals surface area contributed by atoms with E-state index in [1.54, 1.807) is 12.1 Å². The molecule has 5 N–H and O–H groups in total. The lowest BCUT2D eigenvalue weighted by Gasteiger charge is -2.10. The summed E-state index contributed by atoms with van der Waals surface area (Å²) in [6.45, 7) is 0.672. The molecule has 0 radical (unpaired) electrons. The van der Waals surface area contributed by atoms with E-state index in [1.807, 2.05) is 12.1 Å². The molecule has 0 aliphatic carbocycles. The van der Waals surface area contributed by atoms with E-state index in [0.717, 1.165) is 18.4 Å². The molecule has 0 unspecified atom stereocenters. The molecular formula is C10H16N2O. The van der Waals surface area contributed by atoms with Crippen molar-refractivity contribution >= 4 is 0 Å². The van der Waals surface area contributed by atoms with Crippen LogP contribution in [0, 0.1) is 0 Å². The van der Waals surface area contributed by atoms with Gasteiger partial charge in [0.2, 0.25) is 0 Å². The summed E-state index contributed by atoms with van der Waals surface area (Å²) in [5, 5.41) is 9.05. The summed E-state index contributed by atoms with van der Waals surface area (Å²) in [6, 6.07) is 7.02. The number of benzene rings is 1. The monoisotopic (exact) mass is 180 g/mol. The van der Waals surface area contributed by atoms with Gasteiger partial charge in [-0.2, -0.15) is 0 Å². The molecule has 3 nitrogen and oxygen atoms in total. The lowest BCUT2D eigenvalue weighted by Crippen LogP contribution is -2.12. The number of phenols is 1. The number of hydrogen-bond donors (Lipinski definition) is 3. The van der Waals surface area contributed by atoms with Crippen molar-refractivity contribution in [3.8, 4) is 5.75 Å². The number of aromatic hydroxyl groups is 1. The van der Waals surface area contributed by atoms with E-state index in [2.05, 4.69) is 0 Å². The number of hydrogen-bond acceptors (Lipinski definition) is 3. The molecular weight excluding hydrogens is 164 g/mol. The van der Waals surface area contributed by atoms with Gasteiger partial charge in [-0.25, -0.2) is 0 Å². The molecule has 1 aromatic rings. The van der Waals surface area contributed by atoms with Crippen molar-refractivity contribution in [3.63, 3.8) is 0 Å². The molecule has 1 atom stereocenters. The summed E-state index contributed by atoms with van der Waals surface area (Å²) in [5.41, 5.74) is 12.3. The zero-order valence-electron chi connectivity index (χ0n) is 7.61. The second-order valence-electron chi connectivity index (χ2n) is 3.13. The van der Waals surface area contributed by atoms with Gasteiger partial charge in [0.1, 0.15) is 5.75 Å². The highest BCUT2D eigenvalue weighted by atomic mass is 16.3. The maximum Gasteiger partial charge on any atom is 0.115 e. The Hall–Kier alpha value is -1.06. The lowest BCUT2D eigenvalue weighted by atomic mass is 10.0. The molecule has 0 spiro atoms. The van der Waals surface area contributed by atoms with Gasteiger partial charge < -0.3 is 16.6 Å². The third kappa shape index (κ3) is 3.05. The van der Waals surface area contributed by atoms with Crippen LogP contribution in [0.1, 0.15) is 24.4 Å². The highest BCUT2D eigenvalue weighted by molar-refractivity contribution is 5.27. The molecule has 0 amide bonds. The summed E-state index contributed by atoms with van der Waals surface area (Å²) in [6.07, 6.45) is 1.82. The van der Waals surface area contributed by atoms with Crippen LogP contribution in [0.25, 0.3) is 0 Å². The minimum absolute atomic E-state index is 0.0316. The molecule has 13 heavy (non-hydrogen) atoms. The zero-order chi connectivity index (χ0) is 9.68. The fraction of sp³-hybridized carbons (Fsp3) is 0.400. The Morgan fingerprint density at radius 1 is 1.23 bits per heavy atom. The van der Waals surface area contributed by atoms with E-state index in [0.29, 0.717) is 6.54 Å². The van der Waals surface area contributed by atoms with Crippen LogP contribution in [-0.2, 0) is 0 Å². The van der Waals surface area contributed by atoms with Gasteiger partial charge in [0, 0.05) is 6.04 Å². The predicted octanol–water partition coefficient (Wildman–Crippen LogP) is 1.13. The van der Waals surface area contributed by atoms with Gasteiger partial charge in [0.25, 0.3) is 0 Å². The Morgan fingerprint density at radius 2 is 1.85 bits per heavy atom. The maximum atomic E-state index is 9.05. The molecule has 0 heterocycles. The highest BCUT2D eigenvalue weighted by Crippen LogP contribution is 2.18. The van der Waals surface area contributed by atoms with Crippen LogP contribution in [0.2, 0.25) is 0 Å². The average Bonchev–Trinajstić information content (AvgIpc) is 2.15. The molecule has 0 aliphatic rings. The number of nitrogens with two attached hydrogens (primary N) is 2. The van der Waals surface area contributed by atoms with E-state index in [4.69, 9.17) is 16.6 Å². The van der Waals surface area contributed by atoms with Gasteiger partial charge in [0.05, 0.1) is 0 Å². The Bertz CT molecular complexity index is 246. The van der Waals surface area contributed by atoms with Crippen LogP contribution < -0.4 is 11.5 Å². The second kappa shape index (κ2) is 4.84. The van der Waals surface area contributed by atoms with E-state index in [-0.39, 0.29) is 11.8 Å². The molecule has 0 aromatic heterocycles. The van der Waals surface area contributed by atoms with Crippen molar-refractivity contribution in [2.75, 3.05) is 6.54 Å². The summed E-state index contributed by atoms with van der Waals surface area (Å²) in [7, 11) is 0. The fourth-order valence-electron chi connectivity index (χ4n) is 1.23. The quantitative estimate of drug-likeness (QED) is 0.650. The minimum atomic E-state index is 0.0316. The van der Waals surface area contributed by atoms with Crippen molar-refractivity contribution in [2.45, 2.75) is 18.9 Å². The maximum absolute atomic E-state index is 9.05. The molecule has 72 valence electrons. The normalized spacial score (nSPS) is 12.8. The van der Waals surface area contributed by atoms with Crippen LogP contribution in [0.15, 0.2) is 24.3 Å². The summed E-state index contributed by atoms with van der Waals surface area (Å²) in [5.74, 6) is 0.273. The van der Waals surface area contributed by atoms with Gasteiger partial charge in [-0.15, -0.1) is 0 Å². The summed E-state index contributed by atoms with van der Waals surface area (Å²) in [4.78, 5) is 0. The van der Waals surface area contributed by atoms with Gasteiger partial charge in [0.15, 0.2) is 0 Å². The first-order valence-corrected chi connectivity index (χ1v) is 4.48. The lowest BCUT2D eigenvalue weighted by molar-refractivity contribution is 0.474. The van der Waals surface area contributed by atoms with E-state index in [1.165, 1.54) is 0 Å². The third-order valence-electron chi connectivity index (χ3n) is 2.04. The Labute approximate surface area is 78.4 Å². The molecule has 0 bridgehead atoms. The first-order chi connectivity index (χ1) is 6.24. The van der Waals surface area contributed by atoms with Gasteiger partial charge in [-0.05, 0) is 37.1 Å². The van der Waals surface area contributed by atoms with Crippen molar-refractivity contribution in [1.82, 2.24) is 0 Å². The predicted molar refractivity (Wildman–Crippen MR) is 53.3 cm³/mol. The zero-order valence-corrected chi connectivity index (χ0v) is 7.61. The van der Waals surface area contributed by atoms with Crippen molar-refractivity contribution in [3.05, 3.63) is 29.8 Å². The van der Waals surface area contributed by atoms with Crippen molar-refractivity contribution in [2.24, 2.45) is 11.5 Å². The Balaban J connectivity index is 2.55. The smallest absolute Gasteiger partial charge is 0.115 e. The molecule has 3 heteroatoms. The average molecular weight is 180 g/mol. The van der Waals surface area contributed by atoms with E-state index >= 15 is 0 Å². The van der Waals surface area contributed by atoms with Gasteiger partial charge >= 0.3 is 0 Å². The first-order valence-electron chi connectivity index (χ1n) is 4.48. The molecule has 0 fully saturated rings. The van der Waals surface area contributed by atoms with Crippen LogP contribution in [-0.4, -0.2) is 11.7 Å². The van der Waals surface area contributed by atoms with Gasteiger partial charge in [-0.3, -0.25) is 0 Å². The fourth-order valence-corrected chi connectivity index (χ4v) is 1.23. The van der Waals surface area contributed by atoms with Crippen molar-refractivity contribution in [1.29, 1.82) is 0 Å². The van der Waals surface area contributed by atoms with Crippen LogP contribution in [0.4, 0.5) is 0 Å². The summed E-state index contributed by atoms with van der Waals surface area (Å²) >= 11 is 0. The largest absolute Gasteiger partial charge is 0.508 e. The molecule has 0 saturated carbocycles.